The van der Waals surface area contributed by atoms with Crippen LogP contribution in [0.15, 0.2) is 11.8 Å². The van der Waals surface area contributed by atoms with Crippen LogP contribution in [0.2, 0.25) is 0 Å². The van der Waals surface area contributed by atoms with Gasteiger partial charge in [0.2, 0.25) is 0 Å². The Bertz CT molecular complexity index is 447. The summed E-state index contributed by atoms with van der Waals surface area (Å²) in [5.41, 5.74) is -0.475. The molecule has 5 N–H and O–H groups in total. The Morgan fingerprint density at radius 3 is 2.08 bits per heavy atom. The Morgan fingerprint density at radius 1 is 1.08 bits per heavy atom. The van der Waals surface area contributed by atoms with Gasteiger partial charge in [-0.25, -0.2) is 9.59 Å². The average Bonchev–Trinajstić information content (AvgIpc) is 2.54. The van der Waals surface area contributed by atoms with Crippen LogP contribution in [-0.4, -0.2) is 82.8 Å². The van der Waals surface area contributed by atoms with E-state index in [1.165, 1.54) is 0 Å². The van der Waals surface area contributed by atoms with Crippen molar-refractivity contribution in [2.24, 2.45) is 0 Å². The molecule has 0 aromatic carbocycles. The predicted molar refractivity (Wildman–Crippen MR) is 78.3 cm³/mol. The molecule has 0 radical (unpaired) electrons. The minimum atomic E-state index is -1.59. The predicted octanol–water partition coefficient (Wildman–Crippen LogP) is -2.61. The second-order valence-corrected chi connectivity index (χ2v) is 4.92. The van der Waals surface area contributed by atoms with Crippen molar-refractivity contribution in [1.82, 2.24) is 5.32 Å². The summed E-state index contributed by atoms with van der Waals surface area (Å²) in [5.74, 6) is -1.89. The zero-order valence-electron chi connectivity index (χ0n) is 13.4. The first-order chi connectivity index (χ1) is 11.4. The lowest BCUT2D eigenvalue weighted by Gasteiger charge is -2.40. The second kappa shape index (κ2) is 9.55. The van der Waals surface area contributed by atoms with Crippen LogP contribution < -0.4 is 5.32 Å². The van der Waals surface area contributed by atoms with Gasteiger partial charge < -0.3 is 40.0 Å². The van der Waals surface area contributed by atoms with E-state index >= 15 is 0 Å². The summed E-state index contributed by atoms with van der Waals surface area (Å²) in [5, 5.41) is 41.0. The summed E-state index contributed by atoms with van der Waals surface area (Å²) < 4.78 is 14.4. The molecule has 0 bridgehead atoms. The molecule has 0 unspecified atom stereocenters. The van der Waals surface area contributed by atoms with Gasteiger partial charge in [-0.1, -0.05) is 0 Å². The third-order valence-corrected chi connectivity index (χ3v) is 3.31. The number of hydrogen-bond donors (Lipinski definition) is 5. The highest BCUT2D eigenvalue weighted by molar-refractivity contribution is 6.13. The lowest BCUT2D eigenvalue weighted by molar-refractivity contribution is -0.252. The fourth-order valence-electron chi connectivity index (χ4n) is 2.08. The molecule has 1 fully saturated rings. The third kappa shape index (κ3) is 4.89. The molecule has 0 aliphatic carbocycles. The maximum Gasteiger partial charge on any atom is 0.347 e. The van der Waals surface area contributed by atoms with Crippen LogP contribution in [0.3, 0.4) is 0 Å². The zero-order chi connectivity index (χ0) is 18.3. The van der Waals surface area contributed by atoms with E-state index in [9.17, 15) is 24.9 Å². The Balaban J connectivity index is 2.91. The number of aliphatic hydroxyl groups is 4. The van der Waals surface area contributed by atoms with E-state index in [2.05, 4.69) is 5.32 Å². The van der Waals surface area contributed by atoms with Crippen molar-refractivity contribution in [3.63, 3.8) is 0 Å². The van der Waals surface area contributed by atoms with Crippen LogP contribution in [-0.2, 0) is 23.8 Å². The lowest BCUT2D eigenvalue weighted by Crippen LogP contribution is -2.62. The molecule has 1 heterocycles. The SMILES string of the molecule is CCOC(=O)C(=CN[C@@H]1[C@@H](O)[C@H](O)[C@@H](CO)O[C@@H]1O)C(=O)OCC. The number of carbonyl (C=O) groups excluding carboxylic acids is 2. The molecule has 24 heavy (non-hydrogen) atoms. The maximum atomic E-state index is 11.8. The molecular formula is C14H23NO9. The van der Waals surface area contributed by atoms with E-state index < -0.39 is 54.8 Å². The average molecular weight is 349 g/mol. The lowest BCUT2D eigenvalue weighted by atomic mass is 9.97. The van der Waals surface area contributed by atoms with Crippen molar-refractivity contribution in [3.05, 3.63) is 11.8 Å². The summed E-state index contributed by atoms with van der Waals surface area (Å²) in [4.78, 5) is 23.6. The van der Waals surface area contributed by atoms with Crippen LogP contribution in [0.25, 0.3) is 0 Å². The van der Waals surface area contributed by atoms with Gasteiger partial charge in [0, 0.05) is 6.20 Å². The normalized spacial score (nSPS) is 29.5. The largest absolute Gasteiger partial charge is 0.462 e. The van der Waals surface area contributed by atoms with Crippen LogP contribution >= 0.6 is 0 Å². The van der Waals surface area contributed by atoms with Crippen molar-refractivity contribution in [1.29, 1.82) is 0 Å². The maximum absolute atomic E-state index is 11.8. The summed E-state index contributed by atoms with van der Waals surface area (Å²) in [6, 6.07) is -1.25. The van der Waals surface area contributed by atoms with Gasteiger partial charge in [-0.2, -0.15) is 0 Å². The smallest absolute Gasteiger partial charge is 0.347 e. The molecule has 1 aliphatic rings. The molecule has 0 aromatic rings. The van der Waals surface area contributed by atoms with Crippen molar-refractivity contribution in [3.8, 4) is 0 Å². The number of carbonyl (C=O) groups is 2. The highest BCUT2D eigenvalue weighted by atomic mass is 16.6. The van der Waals surface area contributed by atoms with Gasteiger partial charge in [-0.05, 0) is 13.8 Å². The highest BCUT2D eigenvalue weighted by Gasteiger charge is 2.43. The van der Waals surface area contributed by atoms with Crippen LogP contribution in [0.4, 0.5) is 0 Å². The van der Waals surface area contributed by atoms with Crippen LogP contribution in [0.5, 0.6) is 0 Å². The molecule has 138 valence electrons. The first kappa shape index (κ1) is 20.3. The first-order valence-electron chi connectivity index (χ1n) is 7.48. The Hall–Kier alpha value is -1.72. The molecule has 10 nitrogen and oxygen atoms in total. The summed E-state index contributed by atoms with van der Waals surface area (Å²) in [7, 11) is 0. The van der Waals surface area contributed by atoms with Gasteiger partial charge in [0.05, 0.1) is 19.8 Å². The Morgan fingerprint density at radius 2 is 1.62 bits per heavy atom. The minimum absolute atomic E-state index is 0.0320. The molecular weight excluding hydrogens is 326 g/mol. The molecule has 0 spiro atoms. The molecule has 1 aliphatic heterocycles. The third-order valence-electron chi connectivity index (χ3n) is 3.31. The molecule has 0 saturated carbocycles. The fourth-order valence-corrected chi connectivity index (χ4v) is 2.08. The molecule has 10 heteroatoms. The Labute approximate surface area is 138 Å². The topological polar surface area (TPSA) is 155 Å². The standard InChI is InChI=1S/C14H23NO9/c1-3-22-12(19)7(13(20)23-4-2)5-15-9-11(18)10(17)8(6-16)24-14(9)21/h5,8-11,14-18,21H,3-4,6H2,1-2H3/t8-,9-,10-,11-,14+/m1/s1. The fraction of sp³-hybridized carbons (Fsp3) is 0.714. The summed E-state index contributed by atoms with van der Waals surface area (Å²) in [6.07, 6.45) is -4.83. The molecule has 5 atom stereocenters. The van der Waals surface area contributed by atoms with Gasteiger partial charge >= 0.3 is 11.9 Å². The van der Waals surface area contributed by atoms with E-state index in [-0.39, 0.29) is 13.2 Å². The van der Waals surface area contributed by atoms with Gasteiger partial charge in [0.15, 0.2) is 11.9 Å². The van der Waals surface area contributed by atoms with E-state index in [0.29, 0.717) is 0 Å². The van der Waals surface area contributed by atoms with Crippen molar-refractivity contribution < 1.29 is 44.2 Å². The minimum Gasteiger partial charge on any atom is -0.462 e. The van der Waals surface area contributed by atoms with Gasteiger partial charge in [-0.15, -0.1) is 0 Å². The van der Waals surface area contributed by atoms with E-state index in [0.717, 1.165) is 6.20 Å². The molecule has 1 saturated heterocycles. The van der Waals surface area contributed by atoms with Gasteiger partial charge in [0.25, 0.3) is 0 Å². The Kier molecular flexibility index (Phi) is 8.08. The highest BCUT2D eigenvalue weighted by Crippen LogP contribution is 2.20. The van der Waals surface area contributed by atoms with E-state index in [4.69, 9.17) is 19.3 Å². The number of nitrogens with one attached hydrogen (secondary N) is 1. The second-order valence-electron chi connectivity index (χ2n) is 4.92. The number of ether oxygens (including phenoxy) is 3. The van der Waals surface area contributed by atoms with E-state index in [1.54, 1.807) is 13.8 Å². The molecule has 0 amide bonds. The van der Waals surface area contributed by atoms with Crippen molar-refractivity contribution in [2.75, 3.05) is 19.8 Å². The first-order valence-corrected chi connectivity index (χ1v) is 7.48. The zero-order valence-corrected chi connectivity index (χ0v) is 13.4. The van der Waals surface area contributed by atoms with Crippen LogP contribution in [0.1, 0.15) is 13.8 Å². The van der Waals surface area contributed by atoms with Gasteiger partial charge in [-0.3, -0.25) is 0 Å². The summed E-state index contributed by atoms with van der Waals surface area (Å²) >= 11 is 0. The molecule has 0 aromatic heterocycles. The number of hydrogen-bond acceptors (Lipinski definition) is 10. The number of esters is 2. The summed E-state index contributed by atoms with van der Waals surface area (Å²) in [6.45, 7) is 2.58. The van der Waals surface area contributed by atoms with Gasteiger partial charge in [0.1, 0.15) is 24.4 Å². The molecule has 1 rings (SSSR count). The van der Waals surface area contributed by atoms with E-state index in [1.807, 2.05) is 0 Å². The monoisotopic (exact) mass is 349 g/mol. The number of rotatable bonds is 7. The van der Waals surface area contributed by atoms with Crippen LogP contribution in [0, 0.1) is 0 Å². The number of aliphatic hydroxyl groups excluding tert-OH is 4. The van der Waals surface area contributed by atoms with Crippen molar-refractivity contribution >= 4 is 11.9 Å². The quantitative estimate of drug-likeness (QED) is 0.143. The van der Waals surface area contributed by atoms with Crippen molar-refractivity contribution in [2.45, 2.75) is 44.5 Å².